The first-order valence-electron chi connectivity index (χ1n) is 7.31. The Labute approximate surface area is 120 Å². The van der Waals surface area contributed by atoms with Gasteiger partial charge in [-0.15, -0.1) is 0 Å². The van der Waals surface area contributed by atoms with Crippen LogP contribution in [0.3, 0.4) is 0 Å². The van der Waals surface area contributed by atoms with E-state index in [-0.39, 0.29) is 10.7 Å². The molecule has 0 aromatic heterocycles. The molecule has 0 saturated heterocycles. The van der Waals surface area contributed by atoms with Crippen molar-refractivity contribution < 1.29 is 4.79 Å². The fourth-order valence-electron chi connectivity index (χ4n) is 3.52. The minimum Gasteiger partial charge on any atom is -0.353 e. The molecular formula is C15H24N2OS. The molecule has 2 aliphatic carbocycles. The van der Waals surface area contributed by atoms with Gasteiger partial charge in [-0.25, -0.2) is 0 Å². The molecule has 0 unspecified atom stereocenters. The highest BCUT2D eigenvalue weighted by atomic mass is 32.2. The van der Waals surface area contributed by atoms with Gasteiger partial charge in [-0.05, 0) is 37.9 Å². The van der Waals surface area contributed by atoms with E-state index in [1.54, 1.807) is 0 Å². The van der Waals surface area contributed by atoms with Crippen LogP contribution in [-0.2, 0) is 4.79 Å². The SMILES string of the molecule is CSC1(CNC(=O)C2(C#N)CC(C)C2)CCCCC1. The summed E-state index contributed by atoms with van der Waals surface area (Å²) in [6.45, 7) is 2.83. The fraction of sp³-hybridized carbons (Fsp3) is 0.867. The van der Waals surface area contributed by atoms with Crippen LogP contribution in [0.5, 0.6) is 0 Å². The lowest BCUT2D eigenvalue weighted by Gasteiger charge is -2.41. The van der Waals surface area contributed by atoms with Crippen molar-refractivity contribution in [1.29, 1.82) is 5.26 Å². The van der Waals surface area contributed by atoms with E-state index < -0.39 is 5.41 Å². The predicted octanol–water partition coefficient (Wildman–Crippen LogP) is 3.11. The molecule has 2 aliphatic rings. The number of nitrogens with one attached hydrogen (secondary N) is 1. The van der Waals surface area contributed by atoms with Gasteiger partial charge >= 0.3 is 0 Å². The quantitative estimate of drug-likeness (QED) is 0.861. The smallest absolute Gasteiger partial charge is 0.240 e. The van der Waals surface area contributed by atoms with Crippen molar-refractivity contribution in [3.63, 3.8) is 0 Å². The molecule has 2 fully saturated rings. The van der Waals surface area contributed by atoms with Gasteiger partial charge in [-0.3, -0.25) is 4.79 Å². The maximum Gasteiger partial charge on any atom is 0.240 e. The van der Waals surface area contributed by atoms with Crippen LogP contribution in [0.4, 0.5) is 0 Å². The van der Waals surface area contributed by atoms with Crippen molar-refractivity contribution in [3.8, 4) is 6.07 Å². The lowest BCUT2D eigenvalue weighted by molar-refractivity contribution is -0.134. The summed E-state index contributed by atoms with van der Waals surface area (Å²) < 4.78 is 0.208. The van der Waals surface area contributed by atoms with Gasteiger partial charge in [0.15, 0.2) is 0 Å². The first kappa shape index (κ1) is 14.7. The summed E-state index contributed by atoms with van der Waals surface area (Å²) in [7, 11) is 0. The minimum atomic E-state index is -0.728. The topological polar surface area (TPSA) is 52.9 Å². The third kappa shape index (κ3) is 2.91. The molecule has 0 atom stereocenters. The highest BCUT2D eigenvalue weighted by Gasteiger charge is 2.49. The first-order chi connectivity index (χ1) is 9.06. The normalized spacial score (nSPS) is 33.0. The molecule has 0 aliphatic heterocycles. The Morgan fingerprint density at radius 1 is 1.37 bits per heavy atom. The Morgan fingerprint density at radius 3 is 2.47 bits per heavy atom. The third-order valence-electron chi connectivity index (χ3n) is 4.81. The summed E-state index contributed by atoms with van der Waals surface area (Å²) >= 11 is 1.88. The molecule has 3 nitrogen and oxygen atoms in total. The van der Waals surface area contributed by atoms with Crippen molar-refractivity contribution in [2.75, 3.05) is 12.8 Å². The van der Waals surface area contributed by atoms with E-state index >= 15 is 0 Å². The van der Waals surface area contributed by atoms with Crippen molar-refractivity contribution >= 4 is 17.7 Å². The number of carbonyl (C=O) groups is 1. The Bertz CT molecular complexity index is 376. The van der Waals surface area contributed by atoms with Crippen LogP contribution < -0.4 is 5.32 Å². The van der Waals surface area contributed by atoms with Gasteiger partial charge in [-0.2, -0.15) is 17.0 Å². The number of thioether (sulfide) groups is 1. The van der Waals surface area contributed by atoms with E-state index in [0.29, 0.717) is 5.92 Å². The van der Waals surface area contributed by atoms with Gasteiger partial charge in [-0.1, -0.05) is 26.2 Å². The number of carbonyl (C=O) groups excluding carboxylic acids is 1. The van der Waals surface area contributed by atoms with Crippen LogP contribution in [0.2, 0.25) is 0 Å². The fourth-order valence-corrected chi connectivity index (χ4v) is 4.43. The van der Waals surface area contributed by atoms with Gasteiger partial charge in [0.05, 0.1) is 6.07 Å². The van der Waals surface area contributed by atoms with E-state index in [1.165, 1.54) is 32.1 Å². The second kappa shape index (κ2) is 5.75. The molecule has 19 heavy (non-hydrogen) atoms. The molecule has 0 spiro atoms. The highest BCUT2D eigenvalue weighted by Crippen LogP contribution is 2.45. The number of rotatable bonds is 4. The summed E-state index contributed by atoms with van der Waals surface area (Å²) in [5.41, 5.74) is -0.728. The van der Waals surface area contributed by atoms with E-state index in [1.807, 2.05) is 11.8 Å². The van der Waals surface area contributed by atoms with Gasteiger partial charge in [0, 0.05) is 11.3 Å². The second-order valence-electron chi connectivity index (χ2n) is 6.34. The molecule has 1 N–H and O–H groups in total. The average Bonchev–Trinajstić information content (AvgIpc) is 2.42. The molecule has 2 saturated carbocycles. The monoisotopic (exact) mass is 280 g/mol. The van der Waals surface area contributed by atoms with Gasteiger partial charge in [0.1, 0.15) is 5.41 Å². The summed E-state index contributed by atoms with van der Waals surface area (Å²) in [6, 6.07) is 2.24. The van der Waals surface area contributed by atoms with Gasteiger partial charge in [0.2, 0.25) is 5.91 Å². The summed E-state index contributed by atoms with van der Waals surface area (Å²) in [6.07, 6.45) is 9.80. The van der Waals surface area contributed by atoms with Crippen molar-refractivity contribution in [2.45, 2.75) is 56.6 Å². The van der Waals surface area contributed by atoms with Crippen LogP contribution in [0.15, 0.2) is 0 Å². The zero-order valence-corrected chi connectivity index (χ0v) is 12.8. The molecule has 0 aromatic carbocycles. The van der Waals surface area contributed by atoms with Crippen molar-refractivity contribution in [1.82, 2.24) is 5.32 Å². The third-order valence-corrected chi connectivity index (χ3v) is 6.23. The molecule has 0 bridgehead atoms. The number of hydrogen-bond acceptors (Lipinski definition) is 3. The molecular weight excluding hydrogens is 256 g/mol. The standard InChI is InChI=1S/C15H24N2OS/c1-12-8-14(9-12,10-16)13(18)17-11-15(19-2)6-4-3-5-7-15/h12H,3-9,11H2,1-2H3,(H,17,18). The average molecular weight is 280 g/mol. The lowest BCUT2D eigenvalue weighted by Crippen LogP contribution is -2.51. The molecule has 2 rings (SSSR count). The van der Waals surface area contributed by atoms with E-state index in [2.05, 4.69) is 24.6 Å². The summed E-state index contributed by atoms with van der Waals surface area (Å²) in [5.74, 6) is 0.474. The minimum absolute atomic E-state index is 0.0351. The Hall–Kier alpha value is -0.690. The van der Waals surface area contributed by atoms with Gasteiger partial charge < -0.3 is 5.32 Å². The Kier molecular flexibility index (Phi) is 4.45. The molecule has 0 aromatic rings. The van der Waals surface area contributed by atoms with Gasteiger partial charge in [0.25, 0.3) is 0 Å². The largest absolute Gasteiger partial charge is 0.353 e. The number of nitrogens with zero attached hydrogens (tertiary/aromatic N) is 1. The van der Waals surface area contributed by atoms with E-state index in [0.717, 1.165) is 19.4 Å². The van der Waals surface area contributed by atoms with Crippen molar-refractivity contribution in [3.05, 3.63) is 0 Å². The number of amides is 1. The van der Waals surface area contributed by atoms with E-state index in [4.69, 9.17) is 0 Å². The van der Waals surface area contributed by atoms with Crippen LogP contribution in [0, 0.1) is 22.7 Å². The maximum atomic E-state index is 12.3. The van der Waals surface area contributed by atoms with Crippen molar-refractivity contribution in [2.24, 2.45) is 11.3 Å². The highest BCUT2D eigenvalue weighted by molar-refractivity contribution is 8.00. The second-order valence-corrected chi connectivity index (χ2v) is 7.61. The summed E-state index contributed by atoms with van der Waals surface area (Å²) in [5, 5.41) is 12.3. The first-order valence-corrected chi connectivity index (χ1v) is 8.53. The van der Waals surface area contributed by atoms with Crippen LogP contribution in [-0.4, -0.2) is 23.5 Å². The molecule has 0 radical (unpaired) electrons. The van der Waals surface area contributed by atoms with Crippen LogP contribution >= 0.6 is 11.8 Å². The van der Waals surface area contributed by atoms with E-state index in [9.17, 15) is 10.1 Å². The predicted molar refractivity (Wildman–Crippen MR) is 78.8 cm³/mol. The molecule has 1 amide bonds. The summed E-state index contributed by atoms with van der Waals surface area (Å²) in [4.78, 5) is 12.3. The molecule has 0 heterocycles. The molecule has 106 valence electrons. The molecule has 4 heteroatoms. The Morgan fingerprint density at radius 2 is 2.00 bits per heavy atom. The Balaban J connectivity index is 1.91. The zero-order valence-electron chi connectivity index (χ0n) is 12.0. The maximum absolute atomic E-state index is 12.3. The zero-order chi connectivity index (χ0) is 13.9. The number of hydrogen-bond donors (Lipinski definition) is 1. The van der Waals surface area contributed by atoms with Crippen LogP contribution in [0.1, 0.15) is 51.9 Å². The van der Waals surface area contributed by atoms with Crippen LogP contribution in [0.25, 0.3) is 0 Å². The number of nitriles is 1. The lowest BCUT2D eigenvalue weighted by atomic mass is 9.63.